The minimum atomic E-state index is -1.05. The topological polar surface area (TPSA) is 69.6 Å². The number of carboxylic acid groups (broad SMARTS) is 1. The van der Waals surface area contributed by atoms with Gasteiger partial charge in [-0.25, -0.2) is 9.59 Å². The Labute approximate surface area is 122 Å². The van der Waals surface area contributed by atoms with Crippen molar-refractivity contribution in [2.45, 2.75) is 19.8 Å². The van der Waals surface area contributed by atoms with Gasteiger partial charge in [-0.3, -0.25) is 0 Å². The number of nitrogens with zero attached hydrogens (tertiary/aromatic N) is 1. The molecular formula is C14H17ClN2O3. The molecule has 1 atom stereocenters. The molecule has 0 radical (unpaired) electrons. The van der Waals surface area contributed by atoms with Gasteiger partial charge < -0.3 is 15.3 Å². The lowest BCUT2D eigenvalue weighted by atomic mass is 10.0. The molecule has 6 heteroatoms. The average molecular weight is 297 g/mol. The van der Waals surface area contributed by atoms with E-state index in [1.54, 1.807) is 4.90 Å². The molecule has 0 spiro atoms. The second-order valence-electron chi connectivity index (χ2n) is 5.12. The smallest absolute Gasteiger partial charge is 0.335 e. The van der Waals surface area contributed by atoms with Crippen LogP contribution in [0.15, 0.2) is 18.2 Å². The van der Waals surface area contributed by atoms with Crippen LogP contribution < -0.4 is 5.32 Å². The summed E-state index contributed by atoms with van der Waals surface area (Å²) in [5.41, 5.74) is 0.423. The molecule has 1 aromatic carbocycles. The van der Waals surface area contributed by atoms with Crippen molar-refractivity contribution in [1.29, 1.82) is 0 Å². The predicted octanol–water partition coefficient (Wildman–Crippen LogP) is 3.30. The highest BCUT2D eigenvalue weighted by Gasteiger charge is 2.21. The van der Waals surface area contributed by atoms with E-state index < -0.39 is 5.97 Å². The van der Waals surface area contributed by atoms with E-state index in [0.717, 1.165) is 12.8 Å². The van der Waals surface area contributed by atoms with Crippen LogP contribution in [0.4, 0.5) is 10.5 Å². The van der Waals surface area contributed by atoms with Crippen LogP contribution in [-0.2, 0) is 0 Å². The number of hydrogen-bond acceptors (Lipinski definition) is 2. The van der Waals surface area contributed by atoms with E-state index in [-0.39, 0.29) is 11.6 Å². The molecule has 0 saturated carbocycles. The first-order valence-electron chi connectivity index (χ1n) is 6.56. The van der Waals surface area contributed by atoms with Gasteiger partial charge in [0.05, 0.1) is 16.3 Å². The molecule has 1 fully saturated rings. The lowest BCUT2D eigenvalue weighted by Gasteiger charge is -2.31. The standard InChI is InChI=1S/C14H17ClN2O3/c1-9-3-2-6-17(8-9)14(20)16-12-7-10(13(18)19)4-5-11(12)15/h4-5,7,9H,2-3,6,8H2,1H3,(H,16,20)(H,18,19). The van der Waals surface area contributed by atoms with Crippen LogP contribution in [-0.4, -0.2) is 35.1 Å². The molecule has 1 unspecified atom stereocenters. The number of piperidine rings is 1. The summed E-state index contributed by atoms with van der Waals surface area (Å²) in [7, 11) is 0. The molecule has 2 rings (SSSR count). The third-order valence-corrected chi connectivity index (χ3v) is 3.73. The number of nitrogens with one attached hydrogen (secondary N) is 1. The van der Waals surface area contributed by atoms with Gasteiger partial charge in [-0.1, -0.05) is 18.5 Å². The number of rotatable bonds is 2. The summed E-state index contributed by atoms with van der Waals surface area (Å²) < 4.78 is 0. The number of halogens is 1. The van der Waals surface area contributed by atoms with E-state index in [0.29, 0.717) is 29.7 Å². The second-order valence-corrected chi connectivity index (χ2v) is 5.53. The molecule has 20 heavy (non-hydrogen) atoms. The molecule has 1 aliphatic rings. The molecule has 5 nitrogen and oxygen atoms in total. The van der Waals surface area contributed by atoms with Crippen molar-refractivity contribution < 1.29 is 14.7 Å². The van der Waals surface area contributed by atoms with E-state index in [4.69, 9.17) is 16.7 Å². The van der Waals surface area contributed by atoms with Gasteiger partial charge in [-0.05, 0) is 37.0 Å². The molecular weight excluding hydrogens is 280 g/mol. The van der Waals surface area contributed by atoms with Gasteiger partial charge >= 0.3 is 12.0 Å². The minimum Gasteiger partial charge on any atom is -0.478 e. The molecule has 2 N–H and O–H groups in total. The summed E-state index contributed by atoms with van der Waals surface area (Å²) in [6.45, 7) is 3.53. The number of aromatic carboxylic acids is 1. The van der Waals surface area contributed by atoms with Crippen LogP contribution in [0, 0.1) is 5.92 Å². The van der Waals surface area contributed by atoms with Crippen molar-refractivity contribution in [3.63, 3.8) is 0 Å². The Morgan fingerprint density at radius 2 is 2.20 bits per heavy atom. The molecule has 1 aromatic rings. The molecule has 1 heterocycles. The Balaban J connectivity index is 2.10. The zero-order valence-corrected chi connectivity index (χ0v) is 12.0. The lowest BCUT2D eigenvalue weighted by Crippen LogP contribution is -2.41. The summed E-state index contributed by atoms with van der Waals surface area (Å²) in [5, 5.41) is 12.0. The third kappa shape index (κ3) is 3.42. The number of carbonyl (C=O) groups excluding carboxylic acids is 1. The number of carboxylic acids is 1. The van der Waals surface area contributed by atoms with Gasteiger partial charge in [0, 0.05) is 13.1 Å². The van der Waals surface area contributed by atoms with Gasteiger partial charge in [0.15, 0.2) is 0 Å². The van der Waals surface area contributed by atoms with E-state index in [1.165, 1.54) is 18.2 Å². The summed E-state index contributed by atoms with van der Waals surface area (Å²) in [6.07, 6.45) is 2.11. The second kappa shape index (κ2) is 6.13. The maximum absolute atomic E-state index is 12.2. The number of hydrogen-bond donors (Lipinski definition) is 2. The molecule has 0 aliphatic carbocycles. The molecule has 1 saturated heterocycles. The molecule has 0 aromatic heterocycles. The van der Waals surface area contributed by atoms with Gasteiger partial charge in [-0.2, -0.15) is 0 Å². The SMILES string of the molecule is CC1CCCN(C(=O)Nc2cc(C(=O)O)ccc2Cl)C1. The van der Waals surface area contributed by atoms with Crippen LogP contribution in [0.2, 0.25) is 5.02 Å². The van der Waals surface area contributed by atoms with Crippen molar-refractivity contribution in [3.05, 3.63) is 28.8 Å². The monoisotopic (exact) mass is 296 g/mol. The number of anilines is 1. The molecule has 2 amide bonds. The van der Waals surface area contributed by atoms with Crippen molar-refractivity contribution in [2.24, 2.45) is 5.92 Å². The van der Waals surface area contributed by atoms with E-state index in [2.05, 4.69) is 12.2 Å². The Hall–Kier alpha value is -1.75. The van der Waals surface area contributed by atoms with Crippen molar-refractivity contribution in [1.82, 2.24) is 4.90 Å². The fourth-order valence-corrected chi connectivity index (χ4v) is 2.49. The van der Waals surface area contributed by atoms with Crippen molar-refractivity contribution >= 4 is 29.3 Å². The molecule has 0 bridgehead atoms. The van der Waals surface area contributed by atoms with Crippen LogP contribution in [0.5, 0.6) is 0 Å². The Morgan fingerprint density at radius 3 is 2.85 bits per heavy atom. The van der Waals surface area contributed by atoms with E-state index in [9.17, 15) is 9.59 Å². The highest BCUT2D eigenvalue weighted by atomic mass is 35.5. The van der Waals surface area contributed by atoms with Gasteiger partial charge in [0.2, 0.25) is 0 Å². The molecule has 1 aliphatic heterocycles. The fourth-order valence-electron chi connectivity index (χ4n) is 2.32. The number of amides is 2. The largest absolute Gasteiger partial charge is 0.478 e. The zero-order valence-electron chi connectivity index (χ0n) is 11.2. The number of benzene rings is 1. The Morgan fingerprint density at radius 1 is 1.45 bits per heavy atom. The van der Waals surface area contributed by atoms with Crippen LogP contribution in [0.3, 0.4) is 0 Å². The lowest BCUT2D eigenvalue weighted by molar-refractivity contribution is 0.0697. The van der Waals surface area contributed by atoms with Gasteiger partial charge in [0.25, 0.3) is 0 Å². The Kier molecular flexibility index (Phi) is 4.49. The predicted molar refractivity (Wildman–Crippen MR) is 77.4 cm³/mol. The molecule has 108 valence electrons. The quantitative estimate of drug-likeness (QED) is 0.879. The van der Waals surface area contributed by atoms with Gasteiger partial charge in [0.1, 0.15) is 0 Å². The summed E-state index contributed by atoms with van der Waals surface area (Å²) in [4.78, 5) is 24.8. The van der Waals surface area contributed by atoms with Crippen LogP contribution in [0.25, 0.3) is 0 Å². The van der Waals surface area contributed by atoms with Crippen LogP contribution >= 0.6 is 11.6 Å². The summed E-state index contributed by atoms with van der Waals surface area (Å²) in [6, 6.07) is 4.01. The average Bonchev–Trinajstić information content (AvgIpc) is 2.41. The van der Waals surface area contributed by atoms with E-state index in [1.807, 2.05) is 0 Å². The first kappa shape index (κ1) is 14.7. The maximum Gasteiger partial charge on any atom is 0.335 e. The van der Waals surface area contributed by atoms with Gasteiger partial charge in [-0.15, -0.1) is 0 Å². The fraction of sp³-hybridized carbons (Fsp3) is 0.429. The normalized spacial score (nSPS) is 18.7. The first-order chi connectivity index (χ1) is 9.47. The Bertz CT molecular complexity index is 533. The van der Waals surface area contributed by atoms with E-state index >= 15 is 0 Å². The highest BCUT2D eigenvalue weighted by Crippen LogP contribution is 2.24. The minimum absolute atomic E-state index is 0.0942. The van der Waals surface area contributed by atoms with Crippen molar-refractivity contribution in [3.8, 4) is 0 Å². The maximum atomic E-state index is 12.2. The summed E-state index contributed by atoms with van der Waals surface area (Å²) in [5.74, 6) is -0.570. The first-order valence-corrected chi connectivity index (χ1v) is 6.94. The van der Waals surface area contributed by atoms with Crippen LogP contribution in [0.1, 0.15) is 30.1 Å². The summed E-state index contributed by atoms with van der Waals surface area (Å²) >= 11 is 5.99. The number of urea groups is 1. The zero-order chi connectivity index (χ0) is 14.7. The third-order valence-electron chi connectivity index (χ3n) is 3.40. The number of likely N-dealkylation sites (tertiary alicyclic amines) is 1. The van der Waals surface area contributed by atoms with Crippen molar-refractivity contribution in [2.75, 3.05) is 18.4 Å². The highest BCUT2D eigenvalue weighted by molar-refractivity contribution is 6.33. The number of carbonyl (C=O) groups is 2.